The third kappa shape index (κ3) is 4.67. The normalized spacial score (nSPS) is 10.9. The molecule has 6 nitrogen and oxygen atoms in total. The van der Waals surface area contributed by atoms with E-state index in [2.05, 4.69) is 15.3 Å². The Morgan fingerprint density at radius 1 is 1.17 bits per heavy atom. The van der Waals surface area contributed by atoms with Crippen molar-refractivity contribution in [3.05, 3.63) is 81.0 Å². The Balaban J connectivity index is 1.64. The lowest BCUT2D eigenvalue weighted by atomic mass is 10.2. The number of nitrogens with zero attached hydrogens (tertiary/aromatic N) is 3. The summed E-state index contributed by atoms with van der Waals surface area (Å²) in [5.74, 6) is -0.0873. The lowest BCUT2D eigenvalue weighted by Gasteiger charge is -2.13. The van der Waals surface area contributed by atoms with Crippen LogP contribution in [0.3, 0.4) is 0 Å². The second-order valence-corrected chi connectivity index (χ2v) is 8.38. The molecular formula is C20H15ClN4O2S2. The first kappa shape index (κ1) is 19.6. The van der Waals surface area contributed by atoms with E-state index >= 15 is 0 Å². The van der Waals surface area contributed by atoms with Gasteiger partial charge in [-0.15, -0.1) is 11.3 Å². The van der Waals surface area contributed by atoms with Crippen molar-refractivity contribution in [3.8, 4) is 0 Å². The molecule has 29 heavy (non-hydrogen) atoms. The van der Waals surface area contributed by atoms with Gasteiger partial charge in [0.05, 0.1) is 23.2 Å². The zero-order valence-electron chi connectivity index (χ0n) is 15.0. The number of aromatic nitrogens is 3. The number of hydrogen-bond acceptors (Lipinski definition) is 6. The van der Waals surface area contributed by atoms with Crippen molar-refractivity contribution in [2.75, 3.05) is 11.1 Å². The smallest absolute Gasteiger partial charge is 0.262 e. The fourth-order valence-electron chi connectivity index (χ4n) is 2.74. The number of carbonyl (C=O) groups excluding carboxylic acids is 1. The number of rotatable bonds is 6. The van der Waals surface area contributed by atoms with Crippen molar-refractivity contribution in [1.29, 1.82) is 0 Å². The number of thioether (sulfide) groups is 1. The molecule has 0 atom stereocenters. The van der Waals surface area contributed by atoms with Gasteiger partial charge in [-0.25, -0.2) is 9.97 Å². The Morgan fingerprint density at radius 2 is 1.97 bits per heavy atom. The minimum Gasteiger partial charge on any atom is -0.301 e. The number of halogens is 1. The van der Waals surface area contributed by atoms with E-state index in [1.807, 2.05) is 24.3 Å². The largest absolute Gasteiger partial charge is 0.301 e. The minimum atomic E-state index is -0.203. The second kappa shape index (κ2) is 8.77. The first-order chi connectivity index (χ1) is 14.1. The van der Waals surface area contributed by atoms with Gasteiger partial charge in [0.1, 0.15) is 0 Å². The Kier molecular flexibility index (Phi) is 5.94. The molecule has 2 aromatic carbocycles. The molecule has 0 unspecified atom stereocenters. The molecule has 1 amide bonds. The third-order valence-electron chi connectivity index (χ3n) is 4.09. The van der Waals surface area contributed by atoms with Gasteiger partial charge in [-0.05, 0) is 29.8 Å². The number of thiazole rings is 1. The molecule has 0 saturated heterocycles. The van der Waals surface area contributed by atoms with Crippen LogP contribution in [0.5, 0.6) is 0 Å². The maximum absolute atomic E-state index is 13.1. The molecule has 9 heteroatoms. The van der Waals surface area contributed by atoms with Gasteiger partial charge in [0.2, 0.25) is 5.91 Å². The molecule has 0 aliphatic rings. The highest BCUT2D eigenvalue weighted by molar-refractivity contribution is 7.99. The van der Waals surface area contributed by atoms with Crippen molar-refractivity contribution in [2.24, 2.45) is 0 Å². The predicted molar refractivity (Wildman–Crippen MR) is 118 cm³/mol. The summed E-state index contributed by atoms with van der Waals surface area (Å²) in [6.45, 7) is 0.338. The Hall–Kier alpha value is -2.68. The molecular weight excluding hydrogens is 428 g/mol. The second-order valence-electron chi connectivity index (χ2n) is 6.10. The fourth-order valence-corrected chi connectivity index (χ4v) is 4.21. The number of carbonyl (C=O) groups is 1. The molecule has 0 bridgehead atoms. The number of fused-ring (bicyclic) bond motifs is 1. The molecule has 0 aliphatic heterocycles. The highest BCUT2D eigenvalue weighted by atomic mass is 35.5. The number of para-hydroxylation sites is 1. The van der Waals surface area contributed by atoms with Gasteiger partial charge in [-0.3, -0.25) is 14.2 Å². The van der Waals surface area contributed by atoms with Crippen LogP contribution < -0.4 is 10.9 Å². The summed E-state index contributed by atoms with van der Waals surface area (Å²) in [6, 6.07) is 14.5. The van der Waals surface area contributed by atoms with E-state index in [-0.39, 0.29) is 17.2 Å². The molecule has 0 fully saturated rings. The first-order valence-corrected chi connectivity index (χ1v) is 10.9. The minimum absolute atomic E-state index is 0.116. The van der Waals surface area contributed by atoms with Crippen LogP contribution in [-0.2, 0) is 11.3 Å². The van der Waals surface area contributed by atoms with Crippen molar-refractivity contribution < 1.29 is 4.79 Å². The summed E-state index contributed by atoms with van der Waals surface area (Å²) >= 11 is 8.53. The lowest BCUT2D eigenvalue weighted by molar-refractivity contribution is -0.113. The number of hydrogen-bond donors (Lipinski definition) is 1. The van der Waals surface area contributed by atoms with E-state index in [1.165, 1.54) is 23.1 Å². The Morgan fingerprint density at radius 3 is 2.72 bits per heavy atom. The zero-order valence-corrected chi connectivity index (χ0v) is 17.4. The molecule has 146 valence electrons. The van der Waals surface area contributed by atoms with E-state index in [0.717, 1.165) is 5.56 Å². The van der Waals surface area contributed by atoms with Crippen LogP contribution in [0.2, 0.25) is 5.02 Å². The van der Waals surface area contributed by atoms with Crippen molar-refractivity contribution in [1.82, 2.24) is 14.5 Å². The number of nitrogens with one attached hydrogen (secondary N) is 1. The quantitative estimate of drug-likeness (QED) is 0.356. The van der Waals surface area contributed by atoms with Gasteiger partial charge in [0, 0.05) is 16.6 Å². The Bertz CT molecular complexity index is 1210. The highest BCUT2D eigenvalue weighted by Gasteiger charge is 2.14. The third-order valence-corrected chi connectivity index (χ3v) is 6.01. The fraction of sp³-hybridized carbons (Fsp3) is 0.100. The van der Waals surface area contributed by atoms with E-state index in [4.69, 9.17) is 11.6 Å². The van der Waals surface area contributed by atoms with E-state index < -0.39 is 0 Å². The Labute approximate surface area is 179 Å². The molecule has 4 aromatic rings. The SMILES string of the molecule is O=C(CSc1nc2ccccc2c(=O)n1Cc1ccc(Cl)cc1)Nc1nccs1. The average Bonchev–Trinajstić information content (AvgIpc) is 3.23. The van der Waals surface area contributed by atoms with Crippen LogP contribution in [-0.4, -0.2) is 26.2 Å². The zero-order chi connectivity index (χ0) is 20.2. The summed E-state index contributed by atoms with van der Waals surface area (Å²) in [6.07, 6.45) is 1.63. The highest BCUT2D eigenvalue weighted by Crippen LogP contribution is 2.20. The number of benzene rings is 2. The summed E-state index contributed by atoms with van der Waals surface area (Å²) in [7, 11) is 0. The van der Waals surface area contributed by atoms with Gasteiger partial charge in [-0.1, -0.05) is 47.6 Å². The molecule has 0 saturated carbocycles. The molecule has 2 heterocycles. The van der Waals surface area contributed by atoms with Crippen LogP contribution in [0, 0.1) is 0 Å². The van der Waals surface area contributed by atoms with Gasteiger partial charge in [0.15, 0.2) is 10.3 Å². The summed E-state index contributed by atoms with van der Waals surface area (Å²) in [5.41, 5.74) is 1.38. The van der Waals surface area contributed by atoms with Gasteiger partial charge in [-0.2, -0.15) is 0 Å². The number of amides is 1. The van der Waals surface area contributed by atoms with Crippen molar-refractivity contribution in [3.63, 3.8) is 0 Å². The maximum Gasteiger partial charge on any atom is 0.262 e. The average molecular weight is 443 g/mol. The summed E-state index contributed by atoms with van der Waals surface area (Å²) < 4.78 is 1.59. The van der Waals surface area contributed by atoms with Crippen LogP contribution in [0.1, 0.15) is 5.56 Å². The standard InChI is InChI=1S/C20H15ClN4O2S2/c21-14-7-5-13(6-8-14)11-25-18(27)15-3-1-2-4-16(15)23-20(25)29-12-17(26)24-19-22-9-10-28-19/h1-10H,11-12H2,(H,22,24,26). The van der Waals surface area contributed by atoms with Crippen LogP contribution >= 0.6 is 34.7 Å². The van der Waals surface area contributed by atoms with Crippen molar-refractivity contribution >= 4 is 56.6 Å². The molecule has 0 spiro atoms. The molecule has 0 aliphatic carbocycles. The van der Waals surface area contributed by atoms with Crippen LogP contribution in [0.15, 0.2) is 70.1 Å². The molecule has 1 N–H and O–H groups in total. The van der Waals surface area contributed by atoms with Crippen LogP contribution in [0.25, 0.3) is 10.9 Å². The number of anilines is 1. The van der Waals surface area contributed by atoms with Gasteiger partial charge >= 0.3 is 0 Å². The maximum atomic E-state index is 13.1. The molecule has 2 aromatic heterocycles. The first-order valence-electron chi connectivity index (χ1n) is 8.66. The monoisotopic (exact) mass is 442 g/mol. The topological polar surface area (TPSA) is 76.9 Å². The summed E-state index contributed by atoms with van der Waals surface area (Å²) in [5, 5.41) is 6.72. The van der Waals surface area contributed by atoms with Crippen LogP contribution in [0.4, 0.5) is 5.13 Å². The van der Waals surface area contributed by atoms with E-state index in [1.54, 1.807) is 40.4 Å². The van der Waals surface area contributed by atoms with Crippen molar-refractivity contribution in [2.45, 2.75) is 11.7 Å². The van der Waals surface area contributed by atoms with E-state index in [0.29, 0.717) is 32.8 Å². The van der Waals surface area contributed by atoms with Gasteiger partial charge < -0.3 is 5.32 Å². The molecule has 0 radical (unpaired) electrons. The molecule has 4 rings (SSSR count). The van der Waals surface area contributed by atoms with E-state index in [9.17, 15) is 9.59 Å². The van der Waals surface area contributed by atoms with Gasteiger partial charge in [0.25, 0.3) is 5.56 Å². The lowest BCUT2D eigenvalue weighted by Crippen LogP contribution is -2.24. The predicted octanol–water partition coefficient (Wildman–Crippen LogP) is 4.29. The summed E-state index contributed by atoms with van der Waals surface area (Å²) in [4.78, 5) is 34.0.